The number of rotatable bonds is 3. The maximum atomic E-state index is 11.7. The van der Waals surface area contributed by atoms with Gasteiger partial charge in [-0.3, -0.25) is 4.79 Å². The number of hydrogen-bond acceptors (Lipinski definition) is 2. The summed E-state index contributed by atoms with van der Waals surface area (Å²) >= 11 is 7.85. The molecule has 0 radical (unpaired) electrons. The smallest absolute Gasteiger partial charge is 0.220 e. The van der Waals surface area contributed by atoms with Crippen LogP contribution in [0, 0.1) is 0 Å². The van der Waals surface area contributed by atoms with E-state index >= 15 is 0 Å². The van der Waals surface area contributed by atoms with Gasteiger partial charge in [0.15, 0.2) is 0 Å². The van der Waals surface area contributed by atoms with Crippen molar-refractivity contribution < 1.29 is 4.79 Å². The molecule has 1 aromatic rings. The second-order valence-electron chi connectivity index (χ2n) is 4.19. The lowest BCUT2D eigenvalue weighted by molar-refractivity contribution is -0.121. The third-order valence-corrected chi connectivity index (χ3v) is 4.18. The first-order chi connectivity index (χ1) is 8.20. The highest BCUT2D eigenvalue weighted by Gasteiger charge is 2.22. The Morgan fingerprint density at radius 3 is 3.18 bits per heavy atom. The molecule has 0 saturated heterocycles. The molecule has 1 N–H and O–H groups in total. The molecule has 1 aromatic carbocycles. The Hall–Kier alpha value is -0.670. The van der Waals surface area contributed by atoms with Crippen molar-refractivity contribution in [3.8, 4) is 0 Å². The standard InChI is InChI=1S/C13H16ClNOS/c1-2-3-13(16)15-11-6-7-17-12-5-4-9(14)8-10(11)12/h4-5,8,11H,2-3,6-7H2,1H3,(H,15,16). The lowest BCUT2D eigenvalue weighted by atomic mass is 10.0. The Bertz CT molecular complexity index is 422. The molecule has 1 atom stereocenters. The summed E-state index contributed by atoms with van der Waals surface area (Å²) in [4.78, 5) is 12.9. The molecule has 17 heavy (non-hydrogen) atoms. The number of amides is 1. The van der Waals surface area contributed by atoms with Crippen molar-refractivity contribution in [3.05, 3.63) is 28.8 Å². The molecule has 1 amide bonds. The average molecular weight is 270 g/mol. The molecule has 2 nitrogen and oxygen atoms in total. The van der Waals surface area contributed by atoms with Gasteiger partial charge in [0.1, 0.15) is 0 Å². The van der Waals surface area contributed by atoms with Crippen molar-refractivity contribution in [1.29, 1.82) is 0 Å². The van der Waals surface area contributed by atoms with Crippen molar-refractivity contribution in [3.63, 3.8) is 0 Å². The Morgan fingerprint density at radius 1 is 1.59 bits per heavy atom. The molecule has 1 aliphatic rings. The molecule has 92 valence electrons. The monoisotopic (exact) mass is 269 g/mol. The fraction of sp³-hybridized carbons (Fsp3) is 0.462. The maximum Gasteiger partial charge on any atom is 0.220 e. The van der Waals surface area contributed by atoms with E-state index in [1.165, 1.54) is 10.5 Å². The van der Waals surface area contributed by atoms with E-state index in [4.69, 9.17) is 11.6 Å². The van der Waals surface area contributed by atoms with Crippen LogP contribution in [-0.4, -0.2) is 11.7 Å². The van der Waals surface area contributed by atoms with E-state index in [0.717, 1.165) is 23.6 Å². The highest BCUT2D eigenvalue weighted by Crippen LogP contribution is 2.37. The molecular formula is C13H16ClNOS. The summed E-state index contributed by atoms with van der Waals surface area (Å²) in [5.41, 5.74) is 1.17. The van der Waals surface area contributed by atoms with Crippen LogP contribution in [0.5, 0.6) is 0 Å². The minimum Gasteiger partial charge on any atom is -0.349 e. The average Bonchev–Trinajstić information content (AvgIpc) is 2.30. The lowest BCUT2D eigenvalue weighted by Gasteiger charge is -2.26. The Kier molecular flexibility index (Phi) is 4.35. The molecule has 0 aliphatic carbocycles. The van der Waals surface area contributed by atoms with E-state index in [0.29, 0.717) is 6.42 Å². The van der Waals surface area contributed by atoms with Crippen LogP contribution < -0.4 is 5.32 Å². The molecule has 0 bridgehead atoms. The number of carbonyl (C=O) groups is 1. The number of benzene rings is 1. The number of nitrogens with one attached hydrogen (secondary N) is 1. The van der Waals surface area contributed by atoms with E-state index in [-0.39, 0.29) is 11.9 Å². The Labute approximate surface area is 111 Å². The zero-order valence-electron chi connectivity index (χ0n) is 9.83. The summed E-state index contributed by atoms with van der Waals surface area (Å²) in [7, 11) is 0. The van der Waals surface area contributed by atoms with Crippen molar-refractivity contribution in [2.75, 3.05) is 5.75 Å². The van der Waals surface area contributed by atoms with Gasteiger partial charge in [0, 0.05) is 22.1 Å². The second kappa shape index (κ2) is 5.78. The van der Waals surface area contributed by atoms with Crippen LogP contribution in [0.25, 0.3) is 0 Å². The highest BCUT2D eigenvalue weighted by atomic mass is 35.5. The van der Waals surface area contributed by atoms with Crippen LogP contribution in [0.4, 0.5) is 0 Å². The summed E-state index contributed by atoms with van der Waals surface area (Å²) in [6, 6.07) is 6.05. The fourth-order valence-corrected chi connectivity index (χ4v) is 3.29. The molecule has 0 aromatic heterocycles. The minimum atomic E-state index is 0.129. The molecule has 1 heterocycles. The van der Waals surface area contributed by atoms with E-state index in [1.54, 1.807) is 0 Å². The number of hydrogen-bond donors (Lipinski definition) is 1. The summed E-state index contributed by atoms with van der Waals surface area (Å²) in [5, 5.41) is 3.83. The van der Waals surface area contributed by atoms with Gasteiger partial charge in [-0.25, -0.2) is 0 Å². The molecule has 0 saturated carbocycles. The number of thioether (sulfide) groups is 1. The highest BCUT2D eigenvalue weighted by molar-refractivity contribution is 7.99. The van der Waals surface area contributed by atoms with Crippen molar-refractivity contribution in [1.82, 2.24) is 5.32 Å². The van der Waals surface area contributed by atoms with Gasteiger partial charge in [-0.1, -0.05) is 18.5 Å². The van der Waals surface area contributed by atoms with Gasteiger partial charge in [0.05, 0.1) is 6.04 Å². The predicted octanol–water partition coefficient (Wildman–Crippen LogP) is 3.79. The second-order valence-corrected chi connectivity index (χ2v) is 5.76. The maximum absolute atomic E-state index is 11.7. The molecule has 1 unspecified atom stereocenters. The first-order valence-electron chi connectivity index (χ1n) is 5.92. The van der Waals surface area contributed by atoms with E-state index < -0.39 is 0 Å². The van der Waals surface area contributed by atoms with Crippen LogP contribution in [0.15, 0.2) is 23.1 Å². The molecule has 1 aliphatic heterocycles. The normalized spacial score (nSPS) is 18.6. The van der Waals surface area contributed by atoms with Crippen LogP contribution in [0.1, 0.15) is 37.8 Å². The summed E-state index contributed by atoms with van der Waals surface area (Å²) in [6.45, 7) is 2.01. The van der Waals surface area contributed by atoms with Crippen LogP contribution in [-0.2, 0) is 4.79 Å². The minimum absolute atomic E-state index is 0.129. The first-order valence-corrected chi connectivity index (χ1v) is 7.28. The zero-order chi connectivity index (χ0) is 12.3. The number of halogens is 1. The molecule has 0 spiro atoms. The van der Waals surface area contributed by atoms with Gasteiger partial charge in [-0.2, -0.15) is 0 Å². The predicted molar refractivity (Wildman–Crippen MR) is 72.6 cm³/mol. The zero-order valence-corrected chi connectivity index (χ0v) is 11.4. The quantitative estimate of drug-likeness (QED) is 0.904. The number of fused-ring (bicyclic) bond motifs is 1. The SMILES string of the molecule is CCCC(=O)NC1CCSc2ccc(Cl)cc21. The lowest BCUT2D eigenvalue weighted by Crippen LogP contribution is -2.30. The van der Waals surface area contributed by atoms with Crippen molar-refractivity contribution >= 4 is 29.3 Å². The third kappa shape index (κ3) is 3.17. The van der Waals surface area contributed by atoms with E-state index in [1.807, 2.05) is 36.9 Å². The van der Waals surface area contributed by atoms with E-state index in [9.17, 15) is 4.79 Å². The van der Waals surface area contributed by atoms with Crippen molar-refractivity contribution in [2.24, 2.45) is 0 Å². The van der Waals surface area contributed by atoms with Gasteiger partial charge >= 0.3 is 0 Å². The van der Waals surface area contributed by atoms with E-state index in [2.05, 4.69) is 5.32 Å². The van der Waals surface area contributed by atoms with Crippen LogP contribution >= 0.6 is 23.4 Å². The summed E-state index contributed by atoms with van der Waals surface area (Å²) < 4.78 is 0. The fourth-order valence-electron chi connectivity index (χ4n) is 2.01. The first kappa shape index (κ1) is 12.8. The molecular weight excluding hydrogens is 254 g/mol. The largest absolute Gasteiger partial charge is 0.349 e. The van der Waals surface area contributed by atoms with Crippen LogP contribution in [0.2, 0.25) is 5.02 Å². The van der Waals surface area contributed by atoms with Gasteiger partial charge in [0.2, 0.25) is 5.91 Å². The number of carbonyl (C=O) groups excluding carboxylic acids is 1. The van der Waals surface area contributed by atoms with Gasteiger partial charge in [-0.15, -0.1) is 11.8 Å². The van der Waals surface area contributed by atoms with Crippen molar-refractivity contribution in [2.45, 2.75) is 37.1 Å². The van der Waals surface area contributed by atoms with Crippen LogP contribution in [0.3, 0.4) is 0 Å². The van der Waals surface area contributed by atoms with Gasteiger partial charge in [0.25, 0.3) is 0 Å². The molecule has 4 heteroatoms. The third-order valence-electron chi connectivity index (χ3n) is 2.82. The van der Waals surface area contributed by atoms with Gasteiger partial charge < -0.3 is 5.32 Å². The Morgan fingerprint density at radius 2 is 2.41 bits per heavy atom. The molecule has 0 fully saturated rings. The summed E-state index contributed by atoms with van der Waals surface area (Å²) in [6.07, 6.45) is 2.46. The Balaban J connectivity index is 2.16. The summed E-state index contributed by atoms with van der Waals surface area (Å²) in [5.74, 6) is 1.18. The topological polar surface area (TPSA) is 29.1 Å². The van der Waals surface area contributed by atoms with Gasteiger partial charge in [-0.05, 0) is 36.6 Å². The molecule has 2 rings (SSSR count).